The van der Waals surface area contributed by atoms with Crippen molar-refractivity contribution in [1.82, 2.24) is 0 Å². The minimum absolute atomic E-state index is 0.0353. The number of quaternary nitrogens is 1. The number of rotatable bonds is 5. The summed E-state index contributed by atoms with van der Waals surface area (Å²) in [5.41, 5.74) is 2.46. The van der Waals surface area contributed by atoms with E-state index >= 15 is 0 Å². The molecule has 3 rings (SSSR count). The molecule has 0 amide bonds. The predicted molar refractivity (Wildman–Crippen MR) is 79.3 cm³/mol. The van der Waals surface area contributed by atoms with Gasteiger partial charge in [0.25, 0.3) is 0 Å². The molecule has 2 aromatic rings. The zero-order valence-electron chi connectivity index (χ0n) is 12.0. The Hall–Kier alpha value is -2.27. The highest BCUT2D eigenvalue weighted by Crippen LogP contribution is 2.16. The first-order valence-electron chi connectivity index (χ1n) is 7.25. The lowest BCUT2D eigenvalue weighted by Crippen LogP contribution is -2.84. The van der Waals surface area contributed by atoms with Gasteiger partial charge in [-0.15, -0.1) is 0 Å². The fraction of sp³-hybridized carbons (Fsp3) is 0.235. The third-order valence-electron chi connectivity index (χ3n) is 3.59. The van der Waals surface area contributed by atoms with E-state index in [2.05, 4.69) is 10.5 Å². The van der Waals surface area contributed by atoms with Crippen molar-refractivity contribution in [2.45, 2.75) is 19.1 Å². The fourth-order valence-electron chi connectivity index (χ4n) is 2.49. The van der Waals surface area contributed by atoms with Crippen molar-refractivity contribution in [2.24, 2.45) is 5.16 Å². The van der Waals surface area contributed by atoms with Crippen LogP contribution in [0.3, 0.4) is 0 Å². The first kappa shape index (κ1) is 14.7. The Morgan fingerprint density at radius 2 is 1.86 bits per heavy atom. The van der Waals surface area contributed by atoms with Crippen LogP contribution in [0.2, 0.25) is 0 Å². The maximum absolute atomic E-state index is 13.2. The first-order chi connectivity index (χ1) is 10.7. The van der Waals surface area contributed by atoms with Gasteiger partial charge in [-0.3, -0.25) is 0 Å². The molecular weight excluding hydrogens is 286 g/mol. The number of nitrogens with two attached hydrogens (primary N) is 1. The summed E-state index contributed by atoms with van der Waals surface area (Å²) in [5.74, 6) is -0.499. The molecule has 114 valence electrons. The molecule has 0 spiro atoms. The van der Waals surface area contributed by atoms with Crippen molar-refractivity contribution in [3.8, 4) is 0 Å². The molecule has 0 unspecified atom stereocenters. The smallest absolute Gasteiger partial charge is 0.181 e. The molecule has 22 heavy (non-hydrogen) atoms. The molecular formula is C17H17F2N2O+. The largest absolute Gasteiger partial charge is 0.386 e. The number of nitrogens with zero attached hydrogens (tertiary/aromatic N) is 1. The van der Waals surface area contributed by atoms with Crippen molar-refractivity contribution in [1.29, 1.82) is 0 Å². The average molecular weight is 303 g/mol. The van der Waals surface area contributed by atoms with E-state index in [4.69, 9.17) is 4.84 Å². The minimum Gasteiger partial charge on any atom is -0.386 e. The van der Waals surface area contributed by atoms with Gasteiger partial charge in [-0.05, 0) is 24.3 Å². The van der Waals surface area contributed by atoms with Crippen LogP contribution in [0, 0.1) is 11.6 Å². The number of hydrogen-bond acceptors (Lipinski definition) is 2. The summed E-state index contributed by atoms with van der Waals surface area (Å²) in [6, 6.07) is 12.9. The van der Waals surface area contributed by atoms with E-state index in [-0.39, 0.29) is 17.7 Å². The lowest BCUT2D eigenvalue weighted by atomic mass is 10.0. The fourth-order valence-corrected chi connectivity index (χ4v) is 2.49. The molecule has 1 atom stereocenters. The topological polar surface area (TPSA) is 38.2 Å². The van der Waals surface area contributed by atoms with Gasteiger partial charge >= 0.3 is 0 Å². The highest BCUT2D eigenvalue weighted by atomic mass is 19.1. The van der Waals surface area contributed by atoms with Crippen LogP contribution in [0.5, 0.6) is 0 Å². The normalized spacial score (nSPS) is 17.2. The van der Waals surface area contributed by atoms with Gasteiger partial charge in [0, 0.05) is 17.5 Å². The van der Waals surface area contributed by atoms with Crippen LogP contribution in [0.15, 0.2) is 53.7 Å². The van der Waals surface area contributed by atoms with Crippen LogP contribution in [-0.4, -0.2) is 18.4 Å². The maximum Gasteiger partial charge on any atom is 0.181 e. The van der Waals surface area contributed by atoms with E-state index in [0.29, 0.717) is 13.0 Å². The van der Waals surface area contributed by atoms with Gasteiger partial charge in [0.15, 0.2) is 6.10 Å². The molecule has 3 nitrogen and oxygen atoms in total. The standard InChI is InChI=1S/C17H16F2N2O/c18-14-5-1-3-12(7-14)10-20-11-16-9-17(21-22-16)13-4-2-6-15(19)8-13/h1-8,16,20H,9-11H2/p+1/t16-/m1/s1. The van der Waals surface area contributed by atoms with Gasteiger partial charge in [-0.1, -0.05) is 29.4 Å². The van der Waals surface area contributed by atoms with Gasteiger partial charge in [0.2, 0.25) is 0 Å². The second-order valence-electron chi connectivity index (χ2n) is 5.34. The highest BCUT2D eigenvalue weighted by molar-refractivity contribution is 6.01. The Kier molecular flexibility index (Phi) is 4.44. The molecule has 0 saturated carbocycles. The zero-order valence-corrected chi connectivity index (χ0v) is 12.0. The molecule has 0 aromatic heterocycles. The van der Waals surface area contributed by atoms with E-state index in [1.54, 1.807) is 12.1 Å². The first-order valence-corrected chi connectivity index (χ1v) is 7.25. The second-order valence-corrected chi connectivity index (χ2v) is 5.34. The van der Waals surface area contributed by atoms with Crippen LogP contribution < -0.4 is 5.32 Å². The highest BCUT2D eigenvalue weighted by Gasteiger charge is 2.23. The average Bonchev–Trinajstić information content (AvgIpc) is 2.96. The van der Waals surface area contributed by atoms with Crippen molar-refractivity contribution in [3.63, 3.8) is 0 Å². The Bertz CT molecular complexity index is 688. The van der Waals surface area contributed by atoms with E-state index in [9.17, 15) is 8.78 Å². The van der Waals surface area contributed by atoms with E-state index in [0.717, 1.165) is 23.4 Å². The molecule has 0 radical (unpaired) electrons. The maximum atomic E-state index is 13.2. The summed E-state index contributed by atoms with van der Waals surface area (Å²) in [6.07, 6.45) is 0.621. The summed E-state index contributed by atoms with van der Waals surface area (Å²) in [5, 5.41) is 6.10. The minimum atomic E-state index is -0.277. The van der Waals surface area contributed by atoms with Gasteiger partial charge in [-0.2, -0.15) is 0 Å². The Labute approximate surface area is 127 Å². The lowest BCUT2D eigenvalue weighted by Gasteiger charge is -2.07. The van der Waals surface area contributed by atoms with Crippen LogP contribution in [0.4, 0.5) is 8.78 Å². The Morgan fingerprint density at radius 3 is 2.64 bits per heavy atom. The SMILES string of the molecule is Fc1cccc(C[NH2+]C[C@H]2CC(c3cccc(F)c3)=NO2)c1. The quantitative estimate of drug-likeness (QED) is 0.904. The zero-order chi connectivity index (χ0) is 15.4. The van der Waals surface area contributed by atoms with Gasteiger partial charge in [0.05, 0.1) is 5.71 Å². The van der Waals surface area contributed by atoms with Crippen molar-refractivity contribution >= 4 is 5.71 Å². The van der Waals surface area contributed by atoms with Crippen molar-refractivity contribution in [3.05, 3.63) is 71.3 Å². The molecule has 5 heteroatoms. The van der Waals surface area contributed by atoms with Gasteiger partial charge in [0.1, 0.15) is 24.7 Å². The Balaban J connectivity index is 1.48. The molecule has 0 fully saturated rings. The van der Waals surface area contributed by atoms with E-state index < -0.39 is 0 Å². The molecule has 2 N–H and O–H groups in total. The van der Waals surface area contributed by atoms with Crippen LogP contribution in [0.25, 0.3) is 0 Å². The number of hydrogen-bond donors (Lipinski definition) is 1. The predicted octanol–water partition coefficient (Wildman–Crippen LogP) is 2.22. The summed E-state index contributed by atoms with van der Waals surface area (Å²) in [6.45, 7) is 1.41. The summed E-state index contributed by atoms with van der Waals surface area (Å²) >= 11 is 0. The van der Waals surface area contributed by atoms with E-state index in [1.165, 1.54) is 24.3 Å². The third kappa shape index (κ3) is 3.68. The van der Waals surface area contributed by atoms with Crippen LogP contribution >= 0.6 is 0 Å². The number of halogens is 2. The molecule has 1 aliphatic heterocycles. The number of oxime groups is 1. The summed E-state index contributed by atoms with van der Waals surface area (Å²) < 4.78 is 26.3. The molecule has 0 aliphatic carbocycles. The molecule has 1 aliphatic rings. The monoisotopic (exact) mass is 303 g/mol. The molecule has 1 heterocycles. The number of benzene rings is 2. The van der Waals surface area contributed by atoms with Gasteiger partial charge < -0.3 is 10.2 Å². The lowest BCUT2D eigenvalue weighted by molar-refractivity contribution is -0.676. The van der Waals surface area contributed by atoms with E-state index in [1.807, 2.05) is 12.1 Å². The van der Waals surface area contributed by atoms with Crippen molar-refractivity contribution < 1.29 is 18.9 Å². The third-order valence-corrected chi connectivity index (χ3v) is 3.59. The van der Waals surface area contributed by atoms with Crippen LogP contribution in [0.1, 0.15) is 17.5 Å². The summed E-state index contributed by atoms with van der Waals surface area (Å²) in [4.78, 5) is 5.38. The molecule has 0 bridgehead atoms. The molecule has 2 aromatic carbocycles. The summed E-state index contributed by atoms with van der Waals surface area (Å²) in [7, 11) is 0. The second kappa shape index (κ2) is 6.66. The van der Waals surface area contributed by atoms with Crippen molar-refractivity contribution in [2.75, 3.05) is 6.54 Å². The molecule has 0 saturated heterocycles. The van der Waals surface area contributed by atoms with Gasteiger partial charge in [-0.25, -0.2) is 8.78 Å². The Morgan fingerprint density at radius 1 is 1.09 bits per heavy atom. The van der Waals surface area contributed by atoms with Crippen LogP contribution in [-0.2, 0) is 11.4 Å².